The number of hydrogen-bond acceptors (Lipinski definition) is 3. The van der Waals surface area contributed by atoms with Crippen molar-refractivity contribution in [3.63, 3.8) is 0 Å². The van der Waals surface area contributed by atoms with Gasteiger partial charge in [-0.05, 0) is 25.3 Å². The number of carboxylic acid groups (broad SMARTS) is 1. The first-order chi connectivity index (χ1) is 5.63. The molecule has 0 fully saturated rings. The van der Waals surface area contributed by atoms with Gasteiger partial charge in [0.05, 0.1) is 4.92 Å². The number of hydrogen-bond donors (Lipinski definition) is 1. The Hall–Kier alpha value is -1.39. The first kappa shape index (κ1) is 10.6. The largest absolute Gasteiger partial charge is 0.481 e. The van der Waals surface area contributed by atoms with E-state index in [1.54, 1.807) is 0 Å². The zero-order valence-corrected chi connectivity index (χ0v) is 6.60. The molecule has 0 heterocycles. The van der Waals surface area contributed by atoms with Crippen molar-refractivity contribution in [1.29, 1.82) is 0 Å². The smallest absolute Gasteiger partial charge is 0.303 e. The maximum atomic E-state index is 10.0. The second-order valence-electron chi connectivity index (χ2n) is 2.31. The van der Waals surface area contributed by atoms with Crippen molar-refractivity contribution < 1.29 is 14.8 Å². The van der Waals surface area contributed by atoms with Gasteiger partial charge in [-0.1, -0.05) is 0 Å². The van der Waals surface area contributed by atoms with E-state index in [0.717, 1.165) is 6.20 Å². The molecule has 0 aliphatic carbocycles. The van der Waals surface area contributed by atoms with Crippen LogP contribution in [0.5, 0.6) is 0 Å². The molecule has 5 nitrogen and oxygen atoms in total. The lowest BCUT2D eigenvalue weighted by Crippen LogP contribution is -1.93. The van der Waals surface area contributed by atoms with Gasteiger partial charge in [0.15, 0.2) is 0 Å². The monoisotopic (exact) mass is 173 g/mol. The molecule has 0 atom stereocenters. The van der Waals surface area contributed by atoms with Gasteiger partial charge in [0.25, 0.3) is 0 Å². The molecule has 0 radical (unpaired) electrons. The van der Waals surface area contributed by atoms with Gasteiger partial charge < -0.3 is 5.11 Å². The van der Waals surface area contributed by atoms with Gasteiger partial charge in [-0.3, -0.25) is 14.9 Å². The fourth-order valence-corrected chi connectivity index (χ4v) is 0.699. The molecule has 0 aliphatic heterocycles. The molecule has 12 heavy (non-hydrogen) atoms. The van der Waals surface area contributed by atoms with E-state index in [2.05, 4.69) is 0 Å². The molecule has 5 heteroatoms. The van der Waals surface area contributed by atoms with Crippen molar-refractivity contribution in [1.82, 2.24) is 0 Å². The molecule has 0 aromatic heterocycles. The van der Waals surface area contributed by atoms with Crippen LogP contribution >= 0.6 is 0 Å². The summed E-state index contributed by atoms with van der Waals surface area (Å²) in [4.78, 5) is 19.2. The highest BCUT2D eigenvalue weighted by molar-refractivity contribution is 5.66. The van der Waals surface area contributed by atoms with Crippen LogP contribution in [-0.4, -0.2) is 16.0 Å². The van der Waals surface area contributed by atoms with Crippen LogP contribution in [0.2, 0.25) is 0 Å². The highest BCUT2D eigenvalue weighted by Crippen LogP contribution is 2.00. The Morgan fingerprint density at radius 1 is 1.50 bits per heavy atom. The van der Waals surface area contributed by atoms with Gasteiger partial charge in [0, 0.05) is 6.42 Å². The summed E-state index contributed by atoms with van der Waals surface area (Å²) < 4.78 is 0. The lowest BCUT2D eigenvalue weighted by atomic mass is 10.2. The molecule has 0 unspecified atom stereocenters. The van der Waals surface area contributed by atoms with E-state index in [1.165, 1.54) is 6.08 Å². The Morgan fingerprint density at radius 3 is 2.67 bits per heavy atom. The second-order valence-corrected chi connectivity index (χ2v) is 2.31. The van der Waals surface area contributed by atoms with E-state index < -0.39 is 10.9 Å². The molecule has 0 aliphatic rings. The van der Waals surface area contributed by atoms with Gasteiger partial charge in [-0.2, -0.15) is 0 Å². The fraction of sp³-hybridized carbons (Fsp3) is 0.571. The SMILES string of the molecule is O=C(O)CCCC/C=C/[N+](=O)[O-]. The topological polar surface area (TPSA) is 80.4 Å². The zero-order valence-electron chi connectivity index (χ0n) is 6.60. The van der Waals surface area contributed by atoms with Crippen molar-refractivity contribution in [3.8, 4) is 0 Å². The number of rotatable bonds is 6. The lowest BCUT2D eigenvalue weighted by Gasteiger charge is -1.91. The predicted molar refractivity (Wildman–Crippen MR) is 42.2 cm³/mol. The van der Waals surface area contributed by atoms with Gasteiger partial charge in [-0.15, -0.1) is 0 Å². The quantitative estimate of drug-likeness (QED) is 0.374. The molecule has 0 rings (SSSR count). The summed E-state index contributed by atoms with van der Waals surface area (Å²) in [5.74, 6) is -0.826. The number of allylic oxidation sites excluding steroid dienone is 1. The minimum atomic E-state index is -0.826. The van der Waals surface area contributed by atoms with Crippen molar-refractivity contribution in [2.45, 2.75) is 25.7 Å². The van der Waals surface area contributed by atoms with Crippen LogP contribution in [0.15, 0.2) is 12.3 Å². The van der Waals surface area contributed by atoms with Crippen molar-refractivity contribution in [2.24, 2.45) is 0 Å². The standard InChI is InChI=1S/C7H11NO4/c9-7(10)5-3-1-2-4-6-8(11)12/h4,6H,1-3,5H2,(H,9,10)/b6-4+. The number of nitrogens with zero attached hydrogens (tertiary/aromatic N) is 1. The van der Waals surface area contributed by atoms with E-state index in [1.807, 2.05) is 0 Å². The summed E-state index contributed by atoms with van der Waals surface area (Å²) in [5, 5.41) is 18.0. The molecule has 0 aromatic rings. The number of unbranched alkanes of at least 4 members (excludes halogenated alkanes) is 2. The average molecular weight is 173 g/mol. The predicted octanol–water partition coefficient (Wildman–Crippen LogP) is 1.42. The van der Waals surface area contributed by atoms with Crippen LogP contribution in [0, 0.1) is 10.1 Å². The first-order valence-electron chi connectivity index (χ1n) is 3.65. The van der Waals surface area contributed by atoms with E-state index in [4.69, 9.17) is 5.11 Å². The molecule has 68 valence electrons. The highest BCUT2D eigenvalue weighted by atomic mass is 16.6. The summed E-state index contributed by atoms with van der Waals surface area (Å²) in [6, 6.07) is 0. The van der Waals surface area contributed by atoms with Gasteiger partial charge >= 0.3 is 5.97 Å². The summed E-state index contributed by atoms with van der Waals surface area (Å²) >= 11 is 0. The Bertz CT molecular complexity index is 188. The molecule has 0 saturated heterocycles. The summed E-state index contributed by atoms with van der Waals surface area (Å²) in [6.45, 7) is 0. The molecular formula is C7H11NO4. The Morgan fingerprint density at radius 2 is 2.17 bits per heavy atom. The number of nitro groups is 1. The fourth-order valence-electron chi connectivity index (χ4n) is 0.699. The third kappa shape index (κ3) is 8.61. The maximum absolute atomic E-state index is 10.0. The van der Waals surface area contributed by atoms with Crippen LogP contribution in [0.1, 0.15) is 25.7 Å². The maximum Gasteiger partial charge on any atom is 0.303 e. The van der Waals surface area contributed by atoms with Gasteiger partial charge in [-0.25, -0.2) is 0 Å². The minimum Gasteiger partial charge on any atom is -0.481 e. The normalized spacial score (nSPS) is 10.3. The van der Waals surface area contributed by atoms with Crippen LogP contribution in [0.3, 0.4) is 0 Å². The zero-order chi connectivity index (χ0) is 9.40. The molecule has 0 amide bonds. The van der Waals surface area contributed by atoms with Crippen LogP contribution in [0.4, 0.5) is 0 Å². The van der Waals surface area contributed by atoms with Gasteiger partial charge in [0.2, 0.25) is 6.20 Å². The third-order valence-electron chi connectivity index (χ3n) is 1.24. The lowest BCUT2D eigenvalue weighted by molar-refractivity contribution is -0.402. The number of carboxylic acids is 1. The number of carbonyl (C=O) groups is 1. The first-order valence-corrected chi connectivity index (χ1v) is 3.65. The minimum absolute atomic E-state index is 0.131. The van der Waals surface area contributed by atoms with Crippen LogP contribution in [-0.2, 0) is 4.79 Å². The second kappa shape index (κ2) is 6.33. The van der Waals surface area contributed by atoms with Crippen LogP contribution < -0.4 is 0 Å². The molecule has 0 aromatic carbocycles. The Labute approximate surface area is 69.8 Å². The molecule has 0 spiro atoms. The van der Waals surface area contributed by atoms with E-state index in [-0.39, 0.29) is 6.42 Å². The number of aliphatic carboxylic acids is 1. The highest BCUT2D eigenvalue weighted by Gasteiger charge is 1.94. The summed E-state index contributed by atoms with van der Waals surface area (Å²) in [7, 11) is 0. The molecule has 1 N–H and O–H groups in total. The van der Waals surface area contributed by atoms with E-state index in [9.17, 15) is 14.9 Å². The Balaban J connectivity index is 3.21. The van der Waals surface area contributed by atoms with Gasteiger partial charge in [0.1, 0.15) is 0 Å². The van der Waals surface area contributed by atoms with Crippen LogP contribution in [0.25, 0.3) is 0 Å². The molecule has 0 bridgehead atoms. The molecule has 0 saturated carbocycles. The summed E-state index contributed by atoms with van der Waals surface area (Å²) in [5.41, 5.74) is 0. The van der Waals surface area contributed by atoms with Crippen molar-refractivity contribution in [2.75, 3.05) is 0 Å². The Kier molecular flexibility index (Phi) is 5.60. The average Bonchev–Trinajstić information content (AvgIpc) is 1.95. The summed E-state index contributed by atoms with van der Waals surface area (Å²) in [6.07, 6.45) is 4.25. The van der Waals surface area contributed by atoms with Crippen molar-refractivity contribution >= 4 is 5.97 Å². The van der Waals surface area contributed by atoms with E-state index >= 15 is 0 Å². The van der Waals surface area contributed by atoms with Crippen molar-refractivity contribution in [3.05, 3.63) is 22.4 Å². The molecular weight excluding hydrogens is 162 g/mol. The third-order valence-corrected chi connectivity index (χ3v) is 1.24. The van der Waals surface area contributed by atoms with E-state index in [0.29, 0.717) is 19.3 Å².